The molecule has 7 saturated carbocycles. The minimum atomic E-state index is -1.52. The molecule has 3 unspecified atom stereocenters. The molecule has 0 radical (unpaired) electrons. The lowest BCUT2D eigenvalue weighted by Gasteiger charge is -2.41. The van der Waals surface area contributed by atoms with Gasteiger partial charge in [-0.05, 0) is 205 Å². The Kier molecular flexibility index (Phi) is 47.1. The van der Waals surface area contributed by atoms with Crippen LogP contribution >= 0.6 is 0 Å². The third kappa shape index (κ3) is 32.8. The van der Waals surface area contributed by atoms with E-state index in [4.69, 9.17) is 31.8 Å². The summed E-state index contributed by atoms with van der Waals surface area (Å²) in [6.07, 6.45) is 33.5. The maximum Gasteiger partial charge on any atom is 0.337 e. The maximum absolute atomic E-state index is 14.0. The van der Waals surface area contributed by atoms with Crippen LogP contribution < -0.4 is 52.6 Å². The first-order valence-electron chi connectivity index (χ1n) is 53.1. The van der Waals surface area contributed by atoms with E-state index < -0.39 is 124 Å². The molecule has 3 aromatic heterocycles. The molecule has 10 aliphatic rings. The van der Waals surface area contributed by atoms with Gasteiger partial charge in [-0.3, -0.25) is 33.7 Å². The number of aliphatic hydroxyl groups is 6. The van der Waals surface area contributed by atoms with Crippen molar-refractivity contribution < 1.29 is 123 Å². The molecule has 10 fully saturated rings. The number of benzene rings is 2. The topological polar surface area (TPSA) is 558 Å². The number of carboxylic acid groups (broad SMARTS) is 2. The van der Waals surface area contributed by atoms with Crippen LogP contribution in [0.1, 0.15) is 381 Å². The average Bonchev–Trinajstić information content (AvgIpc) is 1.66. The number of likely N-dealkylation sites (tertiary alicyclic amines) is 3. The summed E-state index contributed by atoms with van der Waals surface area (Å²) >= 11 is 0. The van der Waals surface area contributed by atoms with Crippen molar-refractivity contribution in [2.24, 2.45) is 52.2 Å². The van der Waals surface area contributed by atoms with Crippen LogP contribution in [0.15, 0.2) is 61.1 Å². The third-order valence-electron chi connectivity index (χ3n) is 32.3. The molecule has 1 spiro atoms. The number of fused-ring (bicyclic) bond motifs is 1. The van der Waals surface area contributed by atoms with Gasteiger partial charge in [-0.25, -0.2) is 33.2 Å². The summed E-state index contributed by atoms with van der Waals surface area (Å²) in [7, 11) is 2.43. The van der Waals surface area contributed by atoms with Gasteiger partial charge in [0.05, 0.1) is 96.2 Å². The zero-order chi connectivity index (χ0) is 106. The highest BCUT2D eigenvalue weighted by molar-refractivity contribution is 5.95. The van der Waals surface area contributed by atoms with Crippen molar-refractivity contribution in [1.29, 1.82) is 0 Å². The van der Waals surface area contributed by atoms with E-state index in [1.165, 1.54) is 100 Å². The fourth-order valence-corrected chi connectivity index (χ4v) is 23.8. The van der Waals surface area contributed by atoms with E-state index in [0.717, 1.165) is 146 Å². The SMILES string of the molecule is C.CCN(C(C)C)C(C)C.COC(=O)C(O)C1(NC(=O)[C@@H]2C[C@H](n3nncc3C(C)(C)O)CN2C(=O)[C@H](C)CC2CCCCC2)CCCCC1.COC(=O)C(O)C1(NC(=O)[C@@H]2C[C@H](n3nncc3C(C)(C)O)CN2C(=O)[C@H](N)CC2CCCCC2)CCCCC1.C[C@H](CC1CCCCC1)C(=O)N1C[C@@H](n2nncc2C(C)(C)O)C[C@H]1C(=O)O.NC(=O)C(O)C1(N)CCC2(CC2)CC1.O=C(O)c1ccc2ccccc2c1.[Cl-].[Cl-]. The molecule has 15 rings (SSSR count). The Morgan fingerprint density at radius 1 is 0.469 bits per heavy atom. The largest absolute Gasteiger partial charge is 1.00 e. The summed E-state index contributed by atoms with van der Waals surface area (Å²) in [6, 6.07) is 9.78. The number of carbonyl (C=O) groups excluding carboxylic acids is 8. The van der Waals surface area contributed by atoms with E-state index in [1.54, 1.807) is 72.6 Å². The van der Waals surface area contributed by atoms with Gasteiger partial charge in [-0.1, -0.05) is 209 Å². The number of ether oxygens (including phenoxy) is 2. The van der Waals surface area contributed by atoms with E-state index in [2.05, 4.69) is 81.1 Å². The molecule has 7 aliphatic carbocycles. The first-order chi connectivity index (χ1) is 67.9. The molecule has 12 atom stereocenters. The highest BCUT2D eigenvalue weighted by Crippen LogP contribution is 2.58. The van der Waals surface area contributed by atoms with Crippen LogP contribution in [0.5, 0.6) is 0 Å². The molecule has 6 heterocycles. The fourth-order valence-electron chi connectivity index (χ4n) is 23.8. The van der Waals surface area contributed by atoms with Crippen LogP contribution in [0.3, 0.4) is 0 Å². The molecule has 0 bridgehead atoms. The third-order valence-corrected chi connectivity index (χ3v) is 32.3. The molecular formula is C107H174Cl2N18O20-2. The number of methoxy groups -OCH3 is 2. The quantitative estimate of drug-likeness (QED) is 0.0255. The summed E-state index contributed by atoms with van der Waals surface area (Å²) in [4.78, 5) is 134. The van der Waals surface area contributed by atoms with Gasteiger partial charge >= 0.3 is 23.9 Å². The molecule has 40 heteroatoms. The number of aliphatic hydroxyl groups excluding tert-OH is 3. The van der Waals surface area contributed by atoms with Gasteiger partial charge in [-0.2, -0.15) is 0 Å². The number of hydrogen-bond donors (Lipinski definition) is 13. The smallest absolute Gasteiger partial charge is 0.337 e. The number of nitrogens with one attached hydrogen (secondary N) is 2. The number of aromatic carboxylic acids is 1. The van der Waals surface area contributed by atoms with E-state index >= 15 is 0 Å². The molecule has 828 valence electrons. The number of aromatic nitrogens is 9. The van der Waals surface area contributed by atoms with Crippen LogP contribution in [-0.2, 0) is 69.4 Å². The number of aliphatic carboxylic acids is 1. The minimum Gasteiger partial charge on any atom is -1.00 e. The number of rotatable bonds is 30. The molecule has 16 N–H and O–H groups in total. The molecule has 3 saturated heterocycles. The number of nitrogens with zero attached hydrogens (tertiary/aromatic N) is 13. The summed E-state index contributed by atoms with van der Waals surface area (Å²) in [5.74, 6) is -4.44. The Morgan fingerprint density at radius 3 is 1.12 bits per heavy atom. The lowest BCUT2D eigenvalue weighted by atomic mass is 9.72. The van der Waals surface area contributed by atoms with Crippen molar-refractivity contribution >= 4 is 70.1 Å². The predicted molar refractivity (Wildman–Crippen MR) is 547 cm³/mol. The van der Waals surface area contributed by atoms with Crippen molar-refractivity contribution in [3.8, 4) is 0 Å². The number of esters is 2. The molecule has 38 nitrogen and oxygen atoms in total. The highest BCUT2D eigenvalue weighted by Gasteiger charge is 2.55. The van der Waals surface area contributed by atoms with Crippen molar-refractivity contribution in [2.45, 2.75) is 441 Å². The molecule has 2 aromatic carbocycles. The number of carbonyl (C=O) groups is 10. The number of halogens is 2. The molecule has 147 heavy (non-hydrogen) atoms. The highest BCUT2D eigenvalue weighted by atomic mass is 35.5. The summed E-state index contributed by atoms with van der Waals surface area (Å²) in [5.41, 5.74) is 13.2. The summed E-state index contributed by atoms with van der Waals surface area (Å²) < 4.78 is 14.4. The van der Waals surface area contributed by atoms with E-state index in [0.29, 0.717) is 90.0 Å². The number of primary amides is 1. The van der Waals surface area contributed by atoms with Crippen LogP contribution in [0.2, 0.25) is 0 Å². The Labute approximate surface area is 881 Å². The second-order valence-corrected chi connectivity index (χ2v) is 45.2. The normalized spacial score (nSPS) is 23.0. The lowest BCUT2D eigenvalue weighted by Crippen LogP contribution is -3.00. The van der Waals surface area contributed by atoms with E-state index in [1.807, 2.05) is 44.2 Å². The van der Waals surface area contributed by atoms with Gasteiger partial charge in [0.1, 0.15) is 41.0 Å². The fraction of sp³-hybridized carbons (Fsp3) is 0.757. The Balaban J connectivity index is 0.000000255. The van der Waals surface area contributed by atoms with Gasteiger partial charge in [-0.15, -0.1) is 15.3 Å². The van der Waals surface area contributed by atoms with Gasteiger partial charge in [0.25, 0.3) is 0 Å². The number of hydrogen-bond acceptors (Lipinski definition) is 27. The maximum atomic E-state index is 14.0. The van der Waals surface area contributed by atoms with Crippen molar-refractivity contribution in [1.82, 2.24) is 75.2 Å². The number of nitrogens with two attached hydrogens (primary N) is 3. The number of amides is 6. The zero-order valence-electron chi connectivity index (χ0n) is 88.9. The summed E-state index contributed by atoms with van der Waals surface area (Å²) in [6.45, 7) is 26.7. The molecule has 3 aliphatic heterocycles. The average molecular weight is 2100 g/mol. The Hall–Kier alpha value is -8.96. The van der Waals surface area contributed by atoms with E-state index in [-0.39, 0.29) is 113 Å². The van der Waals surface area contributed by atoms with Crippen molar-refractivity contribution in [3.63, 3.8) is 0 Å². The summed E-state index contributed by atoms with van der Waals surface area (Å²) in [5, 5.41) is 114. The van der Waals surface area contributed by atoms with Crippen LogP contribution in [0, 0.1) is 35.0 Å². The van der Waals surface area contributed by atoms with Gasteiger partial charge in [0, 0.05) is 62.8 Å². The molecular weight excluding hydrogens is 1930 g/mol. The lowest BCUT2D eigenvalue weighted by molar-refractivity contribution is -0.159. The first-order valence-corrected chi connectivity index (χ1v) is 53.1. The first kappa shape index (κ1) is 125. The minimum absolute atomic E-state index is 0. The standard InChI is InChI=1S/C29H47N5O6.C28H46N6O6.C20H32N4O4.C11H8O2.C10H18N2O2.C8H19N.CH4.2ClH/c1-19(15-20-11-7-5-8-12-20)26(37)33-18-21(34-23(17-30-32-34)28(2,3)39)16-22(33)25(36)31-29(13-9-6-10-14-29)24(35)27(38)40-4;1-27(2,39)22-16-30-32-34(22)19-15-21(33(17-19)25(37)20(29)14-18-10-6-4-7-11-18)24(36)31-28(12-8-5-9-13-28)23(35)26(38)40-3;1-13(9-14-7-5-4-6-8-14)18(25)23-12-15(10-16(23)19(26)27)24-17(11-21-22-24)20(2,3)28;12-11(13)10-6-5-8-3-1-2-4-9(8)7-10;11-8(14)7(13)10(12)5-3-9(1-2-9)4-6-10;1-6-9(7(2)3)8(4)5;;;/h17,19-22,24,35,39H,5-16,18H2,1-4H3,(H,31,36);16,18-21,23,35,39H,4-15,17,29H2,1-3H3,(H,31,36);11,13-16,28H,4-10,12H2,1-3H3,(H,26,27);1-7H,(H,12,13);7,13H,1-6,12H2,(H2,11,14);7-8H,6H2,1-5H3;1H4;2*1H/p-2/t19-,21+,22+,24?;19-,20+,21-,23?;13-,15+,16+;;;;;;/m101....../s1. The predicted octanol–water partition coefficient (Wildman–Crippen LogP) is 5.44. The van der Waals surface area contributed by atoms with Gasteiger partial charge < -0.3 is 118 Å². The monoisotopic (exact) mass is 2100 g/mol. The zero-order valence-corrected chi connectivity index (χ0v) is 90.4. The Morgan fingerprint density at radius 2 is 0.803 bits per heavy atom. The van der Waals surface area contributed by atoms with Gasteiger partial charge in [0.15, 0.2) is 12.2 Å². The second-order valence-electron chi connectivity index (χ2n) is 45.2. The van der Waals surface area contributed by atoms with Crippen molar-refractivity contribution in [2.75, 3.05) is 40.4 Å². The molecule has 6 amide bonds. The second kappa shape index (κ2) is 55.4. The Bertz CT molecular complexity index is 4860. The van der Waals surface area contributed by atoms with Crippen LogP contribution in [-0.4, -0.2) is 276 Å². The molecule has 5 aromatic rings. The van der Waals surface area contributed by atoms with Crippen molar-refractivity contribution in [3.05, 3.63) is 83.7 Å². The van der Waals surface area contributed by atoms with Crippen LogP contribution in [0.4, 0.5) is 0 Å². The van der Waals surface area contributed by atoms with E-state index in [9.17, 15) is 83.7 Å². The number of carboxylic acids is 2. The van der Waals surface area contributed by atoms with Gasteiger partial charge in [0.2, 0.25) is 35.4 Å². The van der Waals surface area contributed by atoms with Crippen LogP contribution in [0.25, 0.3) is 10.8 Å².